The lowest BCUT2D eigenvalue weighted by atomic mass is 9.89. The van der Waals surface area contributed by atoms with Crippen LogP contribution in [0, 0.1) is 5.92 Å². The largest absolute Gasteiger partial charge is 0.317 e. The van der Waals surface area contributed by atoms with E-state index in [1.165, 1.54) is 0 Å². The Hall–Kier alpha value is -1.20. The fourth-order valence-corrected chi connectivity index (χ4v) is 3.68. The highest BCUT2D eigenvalue weighted by Crippen LogP contribution is 2.31. The van der Waals surface area contributed by atoms with Crippen LogP contribution < -0.4 is 5.32 Å². The lowest BCUT2D eigenvalue weighted by Crippen LogP contribution is -2.35. The van der Waals surface area contributed by atoms with Gasteiger partial charge in [-0.25, -0.2) is 0 Å². The molecule has 0 radical (unpaired) electrons. The lowest BCUT2D eigenvalue weighted by Gasteiger charge is -2.22. The molecule has 2 unspecified atom stereocenters. The molecule has 4 nitrogen and oxygen atoms in total. The molecule has 0 spiro atoms. The molecule has 2 atom stereocenters. The zero-order valence-corrected chi connectivity index (χ0v) is 11.7. The number of rotatable bonds is 4. The third-order valence-corrected chi connectivity index (χ3v) is 4.86. The van der Waals surface area contributed by atoms with Gasteiger partial charge in [0.2, 0.25) is 0 Å². The molecule has 2 rings (SSSR count). The number of hydrogen-bond donors (Lipinski definition) is 1. The van der Waals surface area contributed by atoms with Crippen molar-refractivity contribution in [2.24, 2.45) is 10.3 Å². The van der Waals surface area contributed by atoms with E-state index in [0.717, 1.165) is 12.0 Å². The zero-order valence-electron chi connectivity index (χ0n) is 10.8. The van der Waals surface area contributed by atoms with Crippen LogP contribution >= 0.6 is 0 Å². The monoisotopic (exact) mass is 266 g/mol. The van der Waals surface area contributed by atoms with Crippen molar-refractivity contribution >= 4 is 15.7 Å². The quantitative estimate of drug-likeness (QED) is 0.904. The van der Waals surface area contributed by atoms with Gasteiger partial charge in [0, 0.05) is 17.5 Å². The summed E-state index contributed by atoms with van der Waals surface area (Å²) in [5.74, 6) is 0.105. The Balaban J connectivity index is 2.53. The summed E-state index contributed by atoms with van der Waals surface area (Å²) in [6.07, 6.45) is 0.852. The topological polar surface area (TPSA) is 58.5 Å². The van der Waals surface area contributed by atoms with Gasteiger partial charge in [0.15, 0.2) is 0 Å². The van der Waals surface area contributed by atoms with Crippen molar-refractivity contribution in [1.82, 2.24) is 5.32 Å². The highest BCUT2D eigenvalue weighted by molar-refractivity contribution is 7.90. The third-order valence-electron chi connectivity index (χ3n) is 3.51. The first-order valence-corrected chi connectivity index (χ1v) is 7.56. The predicted octanol–water partition coefficient (Wildman–Crippen LogP) is 1.81. The van der Waals surface area contributed by atoms with Crippen LogP contribution in [0.3, 0.4) is 0 Å². The molecule has 1 aliphatic rings. The van der Waals surface area contributed by atoms with Gasteiger partial charge in [-0.2, -0.15) is 12.8 Å². The summed E-state index contributed by atoms with van der Waals surface area (Å²) >= 11 is 0. The molecule has 18 heavy (non-hydrogen) atoms. The van der Waals surface area contributed by atoms with Gasteiger partial charge in [-0.1, -0.05) is 25.1 Å². The van der Waals surface area contributed by atoms with Gasteiger partial charge in [0.05, 0.1) is 10.6 Å². The van der Waals surface area contributed by atoms with E-state index in [0.29, 0.717) is 10.6 Å². The van der Waals surface area contributed by atoms with Crippen LogP contribution in [0.15, 0.2) is 33.6 Å². The van der Waals surface area contributed by atoms with E-state index in [9.17, 15) is 8.42 Å². The molecule has 1 aromatic rings. The van der Waals surface area contributed by atoms with Gasteiger partial charge in [-0.05, 0) is 26.5 Å². The van der Waals surface area contributed by atoms with E-state index in [4.69, 9.17) is 0 Å². The SMILES string of the molecule is CCC(C1=NS(=O)(=O)c2ccccc21)C(C)NC. The fourth-order valence-electron chi connectivity index (χ4n) is 2.38. The second-order valence-corrected chi connectivity index (χ2v) is 6.11. The van der Waals surface area contributed by atoms with Crippen molar-refractivity contribution in [3.63, 3.8) is 0 Å². The van der Waals surface area contributed by atoms with Crippen LogP contribution in [0.4, 0.5) is 0 Å². The molecule has 0 aliphatic carbocycles. The molecule has 0 aromatic heterocycles. The van der Waals surface area contributed by atoms with E-state index in [1.807, 2.05) is 26.1 Å². The van der Waals surface area contributed by atoms with Crippen LogP contribution in [0.1, 0.15) is 25.8 Å². The molecule has 0 saturated carbocycles. The second kappa shape index (κ2) is 4.82. The number of fused-ring (bicyclic) bond motifs is 1. The molecule has 1 heterocycles. The van der Waals surface area contributed by atoms with Crippen LogP contribution in [0.2, 0.25) is 0 Å². The van der Waals surface area contributed by atoms with Gasteiger partial charge in [0.25, 0.3) is 10.0 Å². The average molecular weight is 266 g/mol. The van der Waals surface area contributed by atoms with E-state index in [-0.39, 0.29) is 12.0 Å². The normalized spacial score (nSPS) is 20.1. The van der Waals surface area contributed by atoms with Gasteiger partial charge < -0.3 is 5.32 Å². The first-order chi connectivity index (χ1) is 8.51. The minimum atomic E-state index is -3.49. The van der Waals surface area contributed by atoms with Crippen molar-refractivity contribution in [3.05, 3.63) is 29.8 Å². The summed E-state index contributed by atoms with van der Waals surface area (Å²) in [6, 6.07) is 7.24. The standard InChI is InChI=1S/C13H18N2O2S/c1-4-10(9(2)14-3)13-11-7-5-6-8-12(11)18(16,17)15-13/h5-10,14H,4H2,1-3H3. The molecule has 0 saturated heterocycles. The number of benzene rings is 1. The maximum Gasteiger partial charge on any atom is 0.283 e. The highest BCUT2D eigenvalue weighted by Gasteiger charge is 2.33. The van der Waals surface area contributed by atoms with Crippen LogP contribution in [-0.2, 0) is 10.0 Å². The molecule has 0 fully saturated rings. The van der Waals surface area contributed by atoms with Gasteiger partial charge in [0.1, 0.15) is 0 Å². The second-order valence-electron chi connectivity index (χ2n) is 4.54. The van der Waals surface area contributed by atoms with Crippen molar-refractivity contribution < 1.29 is 8.42 Å². The Morgan fingerprint density at radius 1 is 1.33 bits per heavy atom. The smallest absolute Gasteiger partial charge is 0.283 e. The molecule has 1 N–H and O–H groups in total. The highest BCUT2D eigenvalue weighted by atomic mass is 32.2. The van der Waals surface area contributed by atoms with Crippen molar-refractivity contribution in [2.75, 3.05) is 7.05 Å². The maximum absolute atomic E-state index is 12.0. The van der Waals surface area contributed by atoms with Gasteiger partial charge in [-0.15, -0.1) is 0 Å². The zero-order chi connectivity index (χ0) is 13.3. The predicted molar refractivity (Wildman–Crippen MR) is 72.5 cm³/mol. The van der Waals surface area contributed by atoms with Crippen LogP contribution in [0.25, 0.3) is 0 Å². The van der Waals surface area contributed by atoms with Crippen molar-refractivity contribution in [3.8, 4) is 0 Å². The summed E-state index contributed by atoms with van der Waals surface area (Å²) in [6.45, 7) is 4.10. The average Bonchev–Trinajstić information content (AvgIpc) is 2.63. The molecule has 5 heteroatoms. The minimum Gasteiger partial charge on any atom is -0.317 e. The molecule has 1 aromatic carbocycles. The van der Waals surface area contributed by atoms with Crippen LogP contribution in [0.5, 0.6) is 0 Å². The number of hydrogen-bond acceptors (Lipinski definition) is 3. The summed E-state index contributed by atoms with van der Waals surface area (Å²) in [5.41, 5.74) is 1.45. The van der Waals surface area contributed by atoms with Crippen molar-refractivity contribution in [2.45, 2.75) is 31.2 Å². The first kappa shape index (κ1) is 13.2. The van der Waals surface area contributed by atoms with Gasteiger partial charge >= 0.3 is 0 Å². The molecular weight excluding hydrogens is 248 g/mol. The number of sulfonamides is 1. The Morgan fingerprint density at radius 2 is 2.00 bits per heavy atom. The van der Waals surface area contributed by atoms with E-state index in [1.54, 1.807) is 12.1 Å². The summed E-state index contributed by atoms with van der Waals surface area (Å²) < 4.78 is 28.0. The minimum absolute atomic E-state index is 0.105. The molecule has 0 amide bonds. The summed E-state index contributed by atoms with van der Waals surface area (Å²) in [5, 5.41) is 3.18. The molecule has 98 valence electrons. The number of nitrogens with one attached hydrogen (secondary N) is 1. The van der Waals surface area contributed by atoms with E-state index in [2.05, 4.69) is 16.6 Å². The van der Waals surface area contributed by atoms with Gasteiger partial charge in [-0.3, -0.25) is 0 Å². The Kier molecular flexibility index (Phi) is 3.54. The number of nitrogens with zero attached hydrogens (tertiary/aromatic N) is 1. The lowest BCUT2D eigenvalue weighted by molar-refractivity contribution is 0.480. The van der Waals surface area contributed by atoms with E-state index < -0.39 is 10.0 Å². The maximum atomic E-state index is 12.0. The molecular formula is C13H18N2O2S. The van der Waals surface area contributed by atoms with Crippen molar-refractivity contribution in [1.29, 1.82) is 0 Å². The molecule has 0 bridgehead atoms. The van der Waals surface area contributed by atoms with E-state index >= 15 is 0 Å². The van der Waals surface area contributed by atoms with Crippen LogP contribution in [-0.4, -0.2) is 27.2 Å². The fraction of sp³-hybridized carbons (Fsp3) is 0.462. The Morgan fingerprint density at radius 3 is 2.61 bits per heavy atom. The first-order valence-electron chi connectivity index (χ1n) is 6.12. The third kappa shape index (κ3) is 2.08. The summed E-state index contributed by atoms with van der Waals surface area (Å²) in [7, 11) is -1.61. The Labute approximate surface area is 108 Å². The Bertz CT molecular complexity index is 578. The molecule has 1 aliphatic heterocycles. The summed E-state index contributed by atoms with van der Waals surface area (Å²) in [4.78, 5) is 0.335.